The van der Waals surface area contributed by atoms with Crippen molar-refractivity contribution in [3.05, 3.63) is 71.2 Å². The molecular formula is C19H21N3O. The van der Waals surface area contributed by atoms with Crippen LogP contribution in [0.2, 0.25) is 0 Å². The Kier molecular flexibility index (Phi) is 4.42. The topological polar surface area (TPSA) is 46.4 Å². The Labute approximate surface area is 136 Å². The van der Waals surface area contributed by atoms with Gasteiger partial charge in [-0.2, -0.15) is 0 Å². The molecule has 4 heteroatoms. The number of aromatic nitrogens is 2. The summed E-state index contributed by atoms with van der Waals surface area (Å²) in [5.41, 5.74) is 5.37. The minimum Gasteiger partial charge on any atom is -0.350 e. The molecule has 1 N–H and O–H groups in total. The van der Waals surface area contributed by atoms with Gasteiger partial charge in [-0.25, -0.2) is 4.98 Å². The number of carbonyl (C=O) groups is 1. The lowest BCUT2D eigenvalue weighted by Crippen LogP contribution is -2.23. The van der Waals surface area contributed by atoms with Crippen LogP contribution in [0.4, 0.5) is 0 Å². The monoisotopic (exact) mass is 307 g/mol. The molecule has 0 fully saturated rings. The maximum absolute atomic E-state index is 12.0. The van der Waals surface area contributed by atoms with Crippen molar-refractivity contribution in [1.82, 2.24) is 14.7 Å². The van der Waals surface area contributed by atoms with Crippen LogP contribution in [0.5, 0.6) is 0 Å². The van der Waals surface area contributed by atoms with E-state index in [1.165, 1.54) is 11.1 Å². The summed E-state index contributed by atoms with van der Waals surface area (Å²) in [6.45, 7) is 4.56. The van der Waals surface area contributed by atoms with Crippen LogP contribution in [0.15, 0.2) is 48.8 Å². The van der Waals surface area contributed by atoms with E-state index in [1.807, 2.05) is 35.9 Å². The van der Waals surface area contributed by atoms with Crippen molar-refractivity contribution in [1.29, 1.82) is 0 Å². The van der Waals surface area contributed by atoms with Crippen LogP contribution in [0, 0.1) is 13.8 Å². The number of imidazole rings is 1. The summed E-state index contributed by atoms with van der Waals surface area (Å²) in [6, 6.07) is 12.3. The number of rotatable bonds is 5. The molecule has 118 valence electrons. The average molecular weight is 307 g/mol. The third kappa shape index (κ3) is 3.77. The smallest absolute Gasteiger partial charge is 0.220 e. The first kappa shape index (κ1) is 15.3. The van der Waals surface area contributed by atoms with Gasteiger partial charge in [0.05, 0.1) is 12.2 Å². The van der Waals surface area contributed by atoms with E-state index in [-0.39, 0.29) is 5.91 Å². The van der Waals surface area contributed by atoms with E-state index < -0.39 is 0 Å². The van der Waals surface area contributed by atoms with Crippen molar-refractivity contribution in [3.63, 3.8) is 0 Å². The number of amides is 1. The molecule has 0 saturated heterocycles. The van der Waals surface area contributed by atoms with Crippen molar-refractivity contribution >= 4 is 11.6 Å². The van der Waals surface area contributed by atoms with Crippen molar-refractivity contribution in [2.45, 2.75) is 33.2 Å². The standard InChI is InChI=1S/C19H21N3O/c1-14-5-7-16(8-6-14)9-10-18(23)20-12-17-13-22-11-3-4-15(2)19(22)21-17/h3-8,11,13H,9-10,12H2,1-2H3,(H,20,23). The number of benzene rings is 1. The summed E-state index contributed by atoms with van der Waals surface area (Å²) in [6.07, 6.45) is 5.19. The molecule has 3 aromatic rings. The molecule has 0 bridgehead atoms. The highest BCUT2D eigenvalue weighted by atomic mass is 16.1. The van der Waals surface area contributed by atoms with Gasteiger partial charge in [0.2, 0.25) is 5.91 Å². The first-order valence-electron chi connectivity index (χ1n) is 7.87. The number of fused-ring (bicyclic) bond motifs is 1. The lowest BCUT2D eigenvalue weighted by molar-refractivity contribution is -0.121. The highest BCUT2D eigenvalue weighted by Crippen LogP contribution is 2.10. The van der Waals surface area contributed by atoms with E-state index in [1.54, 1.807) is 0 Å². The molecule has 0 aliphatic carbocycles. The van der Waals surface area contributed by atoms with Gasteiger partial charge in [0.1, 0.15) is 5.65 Å². The van der Waals surface area contributed by atoms with E-state index in [4.69, 9.17) is 0 Å². The Morgan fingerprint density at radius 3 is 2.70 bits per heavy atom. The second-order valence-corrected chi connectivity index (χ2v) is 5.92. The Hall–Kier alpha value is -2.62. The van der Waals surface area contributed by atoms with Crippen molar-refractivity contribution in [2.24, 2.45) is 0 Å². The molecule has 0 atom stereocenters. The molecule has 3 rings (SSSR count). The Morgan fingerprint density at radius 1 is 1.17 bits per heavy atom. The van der Waals surface area contributed by atoms with Crippen LogP contribution in [0.1, 0.15) is 28.8 Å². The fraction of sp³-hybridized carbons (Fsp3) is 0.263. The van der Waals surface area contributed by atoms with Gasteiger partial charge in [0.15, 0.2) is 0 Å². The zero-order chi connectivity index (χ0) is 16.2. The number of hydrogen-bond acceptors (Lipinski definition) is 2. The maximum atomic E-state index is 12.0. The van der Waals surface area contributed by atoms with Crippen LogP contribution >= 0.6 is 0 Å². The highest BCUT2D eigenvalue weighted by molar-refractivity contribution is 5.76. The molecule has 4 nitrogen and oxygen atoms in total. The predicted molar refractivity (Wildman–Crippen MR) is 91.3 cm³/mol. The highest BCUT2D eigenvalue weighted by Gasteiger charge is 2.06. The molecule has 1 amide bonds. The molecule has 23 heavy (non-hydrogen) atoms. The fourth-order valence-electron chi connectivity index (χ4n) is 2.58. The summed E-state index contributed by atoms with van der Waals surface area (Å²) in [4.78, 5) is 16.6. The zero-order valence-electron chi connectivity index (χ0n) is 13.5. The van der Waals surface area contributed by atoms with Crippen molar-refractivity contribution < 1.29 is 4.79 Å². The third-order valence-electron chi connectivity index (χ3n) is 3.96. The molecule has 0 unspecified atom stereocenters. The number of nitrogens with one attached hydrogen (secondary N) is 1. The van der Waals surface area contributed by atoms with Crippen LogP contribution in [0.25, 0.3) is 5.65 Å². The normalized spacial score (nSPS) is 10.9. The van der Waals surface area contributed by atoms with E-state index in [2.05, 4.69) is 41.5 Å². The molecular weight excluding hydrogens is 286 g/mol. The molecule has 0 spiro atoms. The second-order valence-electron chi connectivity index (χ2n) is 5.92. The Balaban J connectivity index is 1.53. The van der Waals surface area contributed by atoms with E-state index >= 15 is 0 Å². The van der Waals surface area contributed by atoms with Crippen LogP contribution in [0.3, 0.4) is 0 Å². The number of carbonyl (C=O) groups excluding carboxylic acids is 1. The molecule has 0 aliphatic rings. The second kappa shape index (κ2) is 6.65. The molecule has 1 aromatic carbocycles. The number of hydrogen-bond donors (Lipinski definition) is 1. The summed E-state index contributed by atoms with van der Waals surface area (Å²) in [5.74, 6) is 0.0550. The lowest BCUT2D eigenvalue weighted by Gasteiger charge is -2.04. The van der Waals surface area contributed by atoms with Gasteiger partial charge in [-0.1, -0.05) is 35.9 Å². The summed E-state index contributed by atoms with van der Waals surface area (Å²) < 4.78 is 1.99. The first-order chi connectivity index (χ1) is 11.1. The SMILES string of the molecule is Cc1ccc(CCC(=O)NCc2cn3cccc(C)c3n2)cc1. The van der Waals surface area contributed by atoms with Gasteiger partial charge in [-0.05, 0) is 37.5 Å². The van der Waals surface area contributed by atoms with Crippen LogP contribution in [-0.4, -0.2) is 15.3 Å². The van der Waals surface area contributed by atoms with Crippen molar-refractivity contribution in [3.8, 4) is 0 Å². The van der Waals surface area contributed by atoms with Crippen LogP contribution < -0.4 is 5.32 Å². The van der Waals surface area contributed by atoms with Gasteiger partial charge in [0, 0.05) is 18.8 Å². The van der Waals surface area contributed by atoms with Gasteiger partial charge in [-0.3, -0.25) is 4.79 Å². The van der Waals surface area contributed by atoms with Gasteiger partial charge in [-0.15, -0.1) is 0 Å². The number of aryl methyl sites for hydroxylation is 3. The molecule has 2 heterocycles. The molecule has 0 aliphatic heterocycles. The molecule has 0 saturated carbocycles. The number of pyridine rings is 1. The minimum atomic E-state index is 0.0550. The van der Waals surface area contributed by atoms with Crippen molar-refractivity contribution in [2.75, 3.05) is 0 Å². The van der Waals surface area contributed by atoms with E-state index in [9.17, 15) is 4.79 Å². The largest absolute Gasteiger partial charge is 0.350 e. The number of nitrogens with zero attached hydrogens (tertiary/aromatic N) is 2. The maximum Gasteiger partial charge on any atom is 0.220 e. The van der Waals surface area contributed by atoms with E-state index in [0.717, 1.165) is 23.3 Å². The van der Waals surface area contributed by atoms with Gasteiger partial charge in [0.25, 0.3) is 0 Å². The average Bonchev–Trinajstić information content (AvgIpc) is 2.97. The summed E-state index contributed by atoms with van der Waals surface area (Å²) >= 11 is 0. The van der Waals surface area contributed by atoms with Gasteiger partial charge < -0.3 is 9.72 Å². The van der Waals surface area contributed by atoms with Crippen LogP contribution in [-0.2, 0) is 17.8 Å². The third-order valence-corrected chi connectivity index (χ3v) is 3.96. The quantitative estimate of drug-likeness (QED) is 0.787. The zero-order valence-corrected chi connectivity index (χ0v) is 13.5. The summed E-state index contributed by atoms with van der Waals surface area (Å²) in [5, 5.41) is 2.95. The molecule has 0 radical (unpaired) electrons. The van der Waals surface area contributed by atoms with Gasteiger partial charge >= 0.3 is 0 Å². The minimum absolute atomic E-state index is 0.0550. The Morgan fingerprint density at radius 2 is 1.96 bits per heavy atom. The summed E-state index contributed by atoms with van der Waals surface area (Å²) in [7, 11) is 0. The molecule has 2 aromatic heterocycles. The lowest BCUT2D eigenvalue weighted by atomic mass is 10.1. The predicted octanol–water partition coefficient (Wildman–Crippen LogP) is 3.20. The first-order valence-corrected chi connectivity index (χ1v) is 7.87. The Bertz CT molecular complexity index is 818. The fourth-order valence-corrected chi connectivity index (χ4v) is 2.58. The van der Waals surface area contributed by atoms with E-state index in [0.29, 0.717) is 13.0 Å².